The highest BCUT2D eigenvalue weighted by molar-refractivity contribution is 14.1. The molecule has 3 aromatic carbocycles. The molecule has 0 aliphatic heterocycles. The number of rotatable bonds is 6. The lowest BCUT2D eigenvalue weighted by Gasteiger charge is -2.08. The van der Waals surface area contributed by atoms with Crippen molar-refractivity contribution in [1.29, 1.82) is 0 Å². The maximum Gasteiger partial charge on any atom is 0.255 e. The zero-order valence-corrected chi connectivity index (χ0v) is 19.0. The summed E-state index contributed by atoms with van der Waals surface area (Å²) >= 11 is 8.52. The van der Waals surface area contributed by atoms with Crippen molar-refractivity contribution in [2.75, 3.05) is 11.9 Å². The Kier molecular flexibility index (Phi) is 6.24. The quantitative estimate of drug-likeness (QED) is 0.278. The lowest BCUT2D eigenvalue weighted by molar-refractivity contribution is 0.102. The van der Waals surface area contributed by atoms with E-state index in [-0.39, 0.29) is 5.91 Å². The summed E-state index contributed by atoms with van der Waals surface area (Å²) in [6.07, 6.45) is 0.906. The number of oxazole rings is 1. The number of anilines is 1. The van der Waals surface area contributed by atoms with Crippen molar-refractivity contribution in [1.82, 2.24) is 4.98 Å². The summed E-state index contributed by atoms with van der Waals surface area (Å²) in [4.78, 5) is 17.2. The van der Waals surface area contributed by atoms with Gasteiger partial charge in [0.25, 0.3) is 5.91 Å². The van der Waals surface area contributed by atoms with Crippen molar-refractivity contribution in [3.05, 3.63) is 74.8 Å². The van der Waals surface area contributed by atoms with Crippen molar-refractivity contribution in [2.45, 2.75) is 13.3 Å². The second-order valence-electron chi connectivity index (χ2n) is 6.66. The van der Waals surface area contributed by atoms with Crippen LogP contribution >= 0.6 is 34.2 Å². The van der Waals surface area contributed by atoms with Crippen LogP contribution in [0.5, 0.6) is 5.75 Å². The number of carbonyl (C=O) groups is 1. The Bertz CT molecular complexity index is 1220. The van der Waals surface area contributed by atoms with Gasteiger partial charge in [-0.15, -0.1) is 0 Å². The third-order valence-electron chi connectivity index (χ3n) is 4.37. The molecule has 4 aromatic rings. The van der Waals surface area contributed by atoms with Crippen molar-refractivity contribution in [3.63, 3.8) is 0 Å². The maximum absolute atomic E-state index is 12.7. The van der Waals surface area contributed by atoms with Crippen molar-refractivity contribution < 1.29 is 13.9 Å². The van der Waals surface area contributed by atoms with Gasteiger partial charge in [0.05, 0.1) is 17.2 Å². The fourth-order valence-electron chi connectivity index (χ4n) is 2.93. The molecule has 0 radical (unpaired) electrons. The first kappa shape index (κ1) is 20.7. The average Bonchev–Trinajstić information content (AvgIpc) is 3.17. The smallest absolute Gasteiger partial charge is 0.255 e. The number of halogens is 2. The Balaban J connectivity index is 1.57. The lowest BCUT2D eigenvalue weighted by atomic mass is 10.2. The first-order chi connectivity index (χ1) is 14.5. The normalized spacial score (nSPS) is 10.9. The summed E-state index contributed by atoms with van der Waals surface area (Å²) < 4.78 is 12.5. The number of carbonyl (C=O) groups excluding carboxylic acids is 1. The molecule has 0 saturated carbocycles. The van der Waals surface area contributed by atoms with Crippen LogP contribution in [0.2, 0.25) is 5.02 Å². The molecule has 0 fully saturated rings. The molecule has 0 unspecified atom stereocenters. The van der Waals surface area contributed by atoms with Gasteiger partial charge in [-0.3, -0.25) is 4.79 Å². The van der Waals surface area contributed by atoms with E-state index < -0.39 is 0 Å². The van der Waals surface area contributed by atoms with Crippen LogP contribution in [0, 0.1) is 3.57 Å². The van der Waals surface area contributed by atoms with Crippen LogP contribution in [-0.2, 0) is 0 Å². The molecule has 0 aliphatic carbocycles. The molecule has 4 rings (SSSR count). The molecule has 0 aliphatic rings. The molecule has 0 bridgehead atoms. The summed E-state index contributed by atoms with van der Waals surface area (Å²) in [6.45, 7) is 2.65. The summed E-state index contributed by atoms with van der Waals surface area (Å²) in [5, 5.41) is 3.47. The van der Waals surface area contributed by atoms with Gasteiger partial charge < -0.3 is 14.5 Å². The largest absolute Gasteiger partial charge is 0.494 e. The molecular weight excluding hydrogens is 515 g/mol. The van der Waals surface area contributed by atoms with Gasteiger partial charge in [0.15, 0.2) is 5.58 Å². The third kappa shape index (κ3) is 4.60. The Morgan fingerprint density at radius 3 is 2.87 bits per heavy atom. The van der Waals surface area contributed by atoms with Gasteiger partial charge in [-0.1, -0.05) is 24.6 Å². The summed E-state index contributed by atoms with van der Waals surface area (Å²) in [5.41, 5.74) is 3.14. The lowest BCUT2D eigenvalue weighted by Crippen LogP contribution is -2.12. The predicted octanol–water partition coefficient (Wildman–Crippen LogP) is 6.79. The fourth-order valence-corrected chi connectivity index (χ4v) is 3.62. The van der Waals surface area contributed by atoms with Crippen molar-refractivity contribution >= 4 is 56.9 Å². The standard InChI is InChI=1S/C23H18ClIN2O3/c1-2-10-29-17-5-3-4-14(11-17)22(28)26-16-7-9-21-20(13-16)27-23(30-21)18-12-15(25)6-8-19(18)24/h3-9,11-13H,2,10H2,1H3,(H,26,28). The summed E-state index contributed by atoms with van der Waals surface area (Å²) in [5.74, 6) is 0.897. The SMILES string of the molecule is CCCOc1cccc(C(=O)Nc2ccc3oc(-c4cc(I)ccc4Cl)nc3c2)c1. The molecule has 1 aromatic heterocycles. The van der Waals surface area contributed by atoms with Crippen LogP contribution in [0.1, 0.15) is 23.7 Å². The van der Waals surface area contributed by atoms with E-state index in [0.29, 0.717) is 45.6 Å². The van der Waals surface area contributed by atoms with E-state index in [0.717, 1.165) is 15.6 Å². The zero-order valence-electron chi connectivity index (χ0n) is 16.1. The van der Waals surface area contributed by atoms with Gasteiger partial charge in [0, 0.05) is 14.8 Å². The number of fused-ring (bicyclic) bond motifs is 1. The van der Waals surface area contributed by atoms with Crippen LogP contribution in [0.25, 0.3) is 22.6 Å². The van der Waals surface area contributed by atoms with E-state index >= 15 is 0 Å². The molecule has 30 heavy (non-hydrogen) atoms. The minimum absolute atomic E-state index is 0.222. The van der Waals surface area contributed by atoms with Crippen LogP contribution in [0.4, 0.5) is 5.69 Å². The Morgan fingerprint density at radius 2 is 2.03 bits per heavy atom. The minimum atomic E-state index is -0.222. The fraction of sp³-hybridized carbons (Fsp3) is 0.130. The van der Waals surface area contributed by atoms with E-state index in [1.807, 2.05) is 31.2 Å². The average molecular weight is 533 g/mol. The van der Waals surface area contributed by atoms with Crippen molar-refractivity contribution in [2.24, 2.45) is 0 Å². The molecule has 1 heterocycles. The predicted molar refractivity (Wildman–Crippen MR) is 127 cm³/mol. The molecule has 0 saturated heterocycles. The van der Waals surface area contributed by atoms with Gasteiger partial charge in [-0.05, 0) is 83.6 Å². The number of hydrogen-bond donors (Lipinski definition) is 1. The molecule has 0 atom stereocenters. The van der Waals surface area contributed by atoms with Crippen LogP contribution < -0.4 is 10.1 Å². The van der Waals surface area contributed by atoms with Crippen molar-refractivity contribution in [3.8, 4) is 17.2 Å². The summed E-state index contributed by atoms with van der Waals surface area (Å²) in [6, 6.07) is 18.1. The number of benzene rings is 3. The zero-order chi connectivity index (χ0) is 21.1. The maximum atomic E-state index is 12.7. The Hall–Kier alpha value is -2.58. The second kappa shape index (κ2) is 9.06. The minimum Gasteiger partial charge on any atom is -0.494 e. The van der Waals surface area contributed by atoms with Crippen LogP contribution in [-0.4, -0.2) is 17.5 Å². The highest BCUT2D eigenvalue weighted by Gasteiger charge is 2.14. The molecule has 0 spiro atoms. The molecule has 1 N–H and O–H groups in total. The van der Waals surface area contributed by atoms with E-state index in [4.69, 9.17) is 20.8 Å². The van der Waals surface area contributed by atoms with Gasteiger partial charge >= 0.3 is 0 Å². The number of hydrogen-bond acceptors (Lipinski definition) is 4. The van der Waals surface area contributed by atoms with E-state index in [1.54, 1.807) is 36.4 Å². The molecule has 152 valence electrons. The second-order valence-corrected chi connectivity index (χ2v) is 8.31. The van der Waals surface area contributed by atoms with Gasteiger partial charge in [0.2, 0.25) is 5.89 Å². The molecule has 5 nitrogen and oxygen atoms in total. The highest BCUT2D eigenvalue weighted by Crippen LogP contribution is 2.32. The monoisotopic (exact) mass is 532 g/mol. The van der Waals surface area contributed by atoms with Crippen LogP contribution in [0.3, 0.4) is 0 Å². The summed E-state index contributed by atoms with van der Waals surface area (Å²) in [7, 11) is 0. The van der Waals surface area contributed by atoms with Crippen LogP contribution in [0.15, 0.2) is 65.1 Å². The number of ether oxygens (including phenoxy) is 1. The number of nitrogens with zero attached hydrogens (tertiary/aromatic N) is 1. The Morgan fingerprint density at radius 1 is 1.17 bits per heavy atom. The van der Waals surface area contributed by atoms with Gasteiger partial charge in [-0.25, -0.2) is 4.98 Å². The molecule has 7 heteroatoms. The van der Waals surface area contributed by atoms with E-state index in [1.165, 1.54) is 0 Å². The number of nitrogens with one attached hydrogen (secondary N) is 1. The molecule has 1 amide bonds. The topological polar surface area (TPSA) is 64.4 Å². The first-order valence-corrected chi connectivity index (χ1v) is 10.9. The van der Waals surface area contributed by atoms with Gasteiger partial charge in [0.1, 0.15) is 11.3 Å². The van der Waals surface area contributed by atoms with Gasteiger partial charge in [-0.2, -0.15) is 0 Å². The highest BCUT2D eigenvalue weighted by atomic mass is 127. The number of amides is 1. The third-order valence-corrected chi connectivity index (χ3v) is 5.37. The van der Waals surface area contributed by atoms with E-state index in [9.17, 15) is 4.79 Å². The molecular formula is C23H18ClIN2O3. The Labute approximate surface area is 192 Å². The van der Waals surface area contributed by atoms with E-state index in [2.05, 4.69) is 32.9 Å². The first-order valence-electron chi connectivity index (χ1n) is 9.43. The number of aromatic nitrogens is 1.